The van der Waals surface area contributed by atoms with E-state index in [4.69, 9.17) is 23.2 Å². The second kappa shape index (κ2) is 3.63. The Kier molecular flexibility index (Phi) is 3.86. The Hall–Kier alpha value is 0.724. The van der Waals surface area contributed by atoms with Crippen LogP contribution in [-0.4, -0.2) is 4.52 Å². The zero-order valence-electron chi connectivity index (χ0n) is 6.43. The first-order valence-corrected chi connectivity index (χ1v) is 5.35. The molecule has 0 bridgehead atoms. The summed E-state index contributed by atoms with van der Waals surface area (Å²) in [5.41, 5.74) is -0.627. The monoisotopic (exact) mass is 238 g/mol. The van der Waals surface area contributed by atoms with Gasteiger partial charge in [-0.15, -0.1) is 0 Å². The summed E-state index contributed by atoms with van der Waals surface area (Å²) in [6, 6.07) is 0. The normalized spacial score (nSPS) is 13.2. The maximum absolute atomic E-state index is 10.2. The predicted molar refractivity (Wildman–Crippen MR) is 36.4 cm³/mol. The first-order chi connectivity index (χ1) is 4.67. The van der Waals surface area contributed by atoms with Gasteiger partial charge in [-0.1, -0.05) is 0 Å². The minimum absolute atomic E-state index is 0.627. The van der Waals surface area contributed by atoms with E-state index < -0.39 is 25.3 Å². The van der Waals surface area contributed by atoms with Crippen LogP contribution >= 0.6 is 23.2 Å². The summed E-state index contributed by atoms with van der Waals surface area (Å²) < 4.78 is 23.1. The van der Waals surface area contributed by atoms with E-state index in [0.717, 1.165) is 0 Å². The predicted octanol–water partition coefficient (Wildman–Crippen LogP) is 2.40. The van der Waals surface area contributed by atoms with Crippen molar-refractivity contribution in [1.29, 1.82) is 0 Å². The van der Waals surface area contributed by atoms with Crippen molar-refractivity contribution >= 4 is 23.2 Å². The summed E-state index contributed by atoms with van der Waals surface area (Å²) in [6.07, 6.45) is 0. The van der Waals surface area contributed by atoms with Gasteiger partial charge in [0.05, 0.1) is 0 Å². The Morgan fingerprint density at radius 1 is 1.18 bits per heavy atom. The molecule has 0 aliphatic rings. The van der Waals surface area contributed by atoms with E-state index in [1.54, 1.807) is 20.8 Å². The van der Waals surface area contributed by atoms with Crippen LogP contribution in [0.4, 0.5) is 0 Å². The molecule has 0 rings (SSSR count). The van der Waals surface area contributed by atoms with Gasteiger partial charge in [-0.3, -0.25) is 0 Å². The van der Waals surface area contributed by atoms with E-state index in [9.17, 15) is 7.35 Å². The average molecular weight is 239 g/mol. The molecule has 0 spiro atoms. The van der Waals surface area contributed by atoms with E-state index in [0.29, 0.717) is 0 Å². The summed E-state index contributed by atoms with van der Waals surface area (Å²) in [7, 11) is 0. The van der Waals surface area contributed by atoms with Gasteiger partial charge in [0.1, 0.15) is 0 Å². The van der Waals surface area contributed by atoms with E-state index in [2.05, 4.69) is 3.66 Å². The van der Waals surface area contributed by atoms with E-state index in [1.165, 1.54) is 0 Å². The number of alkyl halides is 2. The zero-order chi connectivity index (χ0) is 9.28. The molecule has 0 amide bonds. The number of rotatable bonds is 2. The van der Waals surface area contributed by atoms with Crippen molar-refractivity contribution in [1.82, 2.24) is 0 Å². The molecular formula is C5H9Cl2O3V. The molecule has 0 N–H and O–H groups in total. The SMILES string of the molecule is CC(C)(C)C(Cl)(Cl)[O][V](=[O])=[O]. The van der Waals surface area contributed by atoms with Crippen LogP contribution in [-0.2, 0) is 26.4 Å². The Morgan fingerprint density at radius 2 is 1.55 bits per heavy atom. The molecule has 0 unspecified atom stereocenters. The van der Waals surface area contributed by atoms with Gasteiger partial charge in [0, 0.05) is 0 Å². The number of hydrogen-bond acceptors (Lipinski definition) is 3. The topological polar surface area (TPSA) is 43.4 Å². The van der Waals surface area contributed by atoms with Crippen molar-refractivity contribution in [2.24, 2.45) is 5.41 Å². The zero-order valence-corrected chi connectivity index (χ0v) is 9.34. The molecule has 0 fully saturated rings. The van der Waals surface area contributed by atoms with Gasteiger partial charge in [0.15, 0.2) is 0 Å². The Balaban J connectivity index is 4.47. The fraction of sp³-hybridized carbons (Fsp3) is 1.00. The van der Waals surface area contributed by atoms with Crippen molar-refractivity contribution in [3.05, 3.63) is 0 Å². The van der Waals surface area contributed by atoms with E-state index in [1.807, 2.05) is 0 Å². The molecule has 0 saturated heterocycles. The van der Waals surface area contributed by atoms with Crippen molar-refractivity contribution in [3.8, 4) is 0 Å². The van der Waals surface area contributed by atoms with Gasteiger partial charge in [-0.05, 0) is 0 Å². The van der Waals surface area contributed by atoms with Gasteiger partial charge in [-0.25, -0.2) is 0 Å². The molecule has 3 nitrogen and oxygen atoms in total. The van der Waals surface area contributed by atoms with Gasteiger partial charge in [-0.2, -0.15) is 0 Å². The second-order valence-electron chi connectivity index (χ2n) is 3.08. The Morgan fingerprint density at radius 3 is 1.64 bits per heavy atom. The van der Waals surface area contributed by atoms with Crippen LogP contribution in [0.2, 0.25) is 0 Å². The number of halogens is 2. The van der Waals surface area contributed by atoms with Crippen LogP contribution in [0.3, 0.4) is 0 Å². The van der Waals surface area contributed by atoms with Crippen LogP contribution in [0.25, 0.3) is 0 Å². The average Bonchev–Trinajstić information content (AvgIpc) is 1.56. The molecule has 6 heteroatoms. The van der Waals surface area contributed by atoms with Crippen LogP contribution in [0.5, 0.6) is 0 Å². The summed E-state index contributed by atoms with van der Waals surface area (Å²) in [5, 5.41) is 0. The van der Waals surface area contributed by atoms with Crippen LogP contribution in [0.1, 0.15) is 20.8 Å². The number of hydrogen-bond donors (Lipinski definition) is 0. The van der Waals surface area contributed by atoms with Gasteiger partial charge >= 0.3 is 80.3 Å². The molecule has 0 aromatic heterocycles. The third-order valence-corrected chi connectivity index (χ3v) is 3.36. The third kappa shape index (κ3) is 3.77. The van der Waals surface area contributed by atoms with Gasteiger partial charge in [0.2, 0.25) is 0 Å². The van der Waals surface area contributed by atoms with Gasteiger partial charge < -0.3 is 0 Å². The van der Waals surface area contributed by atoms with Crippen LogP contribution in [0.15, 0.2) is 0 Å². The molecule has 0 aromatic rings. The summed E-state index contributed by atoms with van der Waals surface area (Å²) in [6.45, 7) is 5.06. The van der Waals surface area contributed by atoms with E-state index >= 15 is 0 Å². The molecule has 0 aromatic carbocycles. The molecule has 0 saturated carbocycles. The molecule has 0 atom stereocenters. The minimum atomic E-state index is -3.72. The fourth-order valence-corrected chi connectivity index (χ4v) is 1.42. The first-order valence-electron chi connectivity index (χ1n) is 2.88. The fourth-order valence-electron chi connectivity index (χ4n) is 0.231. The van der Waals surface area contributed by atoms with Crippen molar-refractivity contribution in [2.45, 2.75) is 25.3 Å². The molecule has 11 heavy (non-hydrogen) atoms. The first kappa shape index (κ1) is 11.7. The third-order valence-electron chi connectivity index (χ3n) is 1.06. The molecule has 0 radical (unpaired) electrons. The van der Waals surface area contributed by atoms with Crippen molar-refractivity contribution < 1.29 is 26.4 Å². The molecular weight excluding hydrogens is 230 g/mol. The summed E-state index contributed by atoms with van der Waals surface area (Å²) >= 11 is 7.45. The molecule has 0 aliphatic heterocycles. The van der Waals surface area contributed by atoms with Crippen molar-refractivity contribution in [3.63, 3.8) is 0 Å². The standard InChI is InChI=1S/C5H9Cl2O.2O.V/c1-4(2,3)5(6,7)8;;;/h1-3H3;;;/q-1;;;+1. The Labute approximate surface area is 80.4 Å². The Bertz CT molecular complexity index is 196. The quantitative estimate of drug-likeness (QED) is 0.695. The molecule has 66 valence electrons. The second-order valence-corrected chi connectivity index (χ2v) is 5.32. The summed E-state index contributed by atoms with van der Waals surface area (Å²) in [4.78, 5) is 0. The van der Waals surface area contributed by atoms with Crippen LogP contribution < -0.4 is 0 Å². The maximum atomic E-state index is 10.2. The van der Waals surface area contributed by atoms with Crippen molar-refractivity contribution in [2.75, 3.05) is 0 Å². The summed E-state index contributed by atoms with van der Waals surface area (Å²) in [5.74, 6) is 0. The van der Waals surface area contributed by atoms with Crippen LogP contribution in [0, 0.1) is 5.41 Å². The molecule has 0 aliphatic carbocycles. The van der Waals surface area contributed by atoms with E-state index in [-0.39, 0.29) is 0 Å². The molecule has 0 heterocycles. The van der Waals surface area contributed by atoms with Gasteiger partial charge in [0.25, 0.3) is 0 Å².